The molecule has 1 aromatic carbocycles. The maximum absolute atomic E-state index is 12.2. The summed E-state index contributed by atoms with van der Waals surface area (Å²) in [6.45, 7) is 2.19. The number of para-hydroxylation sites is 2. The van der Waals surface area contributed by atoms with Crippen LogP contribution in [0.3, 0.4) is 0 Å². The molecule has 1 saturated heterocycles. The van der Waals surface area contributed by atoms with Crippen LogP contribution >= 0.6 is 0 Å². The molecule has 1 amide bonds. The lowest BCUT2D eigenvalue weighted by Gasteiger charge is -2.30. The predicted octanol–water partition coefficient (Wildman–Crippen LogP) is 2.58. The Morgan fingerprint density at radius 1 is 1.20 bits per heavy atom. The molecule has 1 fully saturated rings. The number of hydrogen-bond donors (Lipinski definition) is 2. The second kappa shape index (κ2) is 7.98. The number of hydrogen-bond acceptors (Lipinski definition) is 4. The van der Waals surface area contributed by atoms with Gasteiger partial charge in [0, 0.05) is 30.9 Å². The van der Waals surface area contributed by atoms with Crippen LogP contribution < -0.4 is 10.6 Å². The van der Waals surface area contributed by atoms with E-state index in [2.05, 4.69) is 27.7 Å². The van der Waals surface area contributed by atoms with Crippen LogP contribution in [0.2, 0.25) is 0 Å². The first kappa shape index (κ1) is 17.2. The summed E-state index contributed by atoms with van der Waals surface area (Å²) >= 11 is 0. The van der Waals surface area contributed by atoms with E-state index in [0.29, 0.717) is 6.04 Å². The summed E-state index contributed by atoms with van der Waals surface area (Å²) in [5, 5.41) is 10.6. The molecular formula is C19H25N5O. The highest BCUT2D eigenvalue weighted by molar-refractivity contribution is 6.03. The third-order valence-electron chi connectivity index (χ3n) is 4.42. The number of amides is 1. The van der Waals surface area contributed by atoms with Gasteiger partial charge in [-0.3, -0.25) is 9.48 Å². The van der Waals surface area contributed by atoms with E-state index in [1.807, 2.05) is 37.5 Å². The number of benzene rings is 1. The molecule has 1 aliphatic heterocycles. The largest absolute Gasteiger partial charge is 0.381 e. The number of carbonyl (C=O) groups excluding carboxylic acids is 1. The fourth-order valence-electron chi connectivity index (χ4n) is 2.96. The van der Waals surface area contributed by atoms with E-state index in [1.54, 1.807) is 17.0 Å². The Balaban J connectivity index is 1.62. The average Bonchev–Trinajstić information content (AvgIpc) is 3.02. The van der Waals surface area contributed by atoms with Crippen LogP contribution in [0.25, 0.3) is 6.08 Å². The van der Waals surface area contributed by atoms with Gasteiger partial charge in [-0.05, 0) is 51.2 Å². The van der Waals surface area contributed by atoms with Crippen molar-refractivity contribution in [2.75, 3.05) is 30.8 Å². The standard InChI is InChI=1S/C19H25N5O/c1-23-11-9-16(10-12-23)21-17-5-3-4-6-18(17)22-19(25)8-7-15-13-20-24(2)14-15/h3-8,13-14,16,21H,9-12H2,1-2H3,(H,22,25)/b8-7-. The maximum atomic E-state index is 12.2. The van der Waals surface area contributed by atoms with Gasteiger partial charge in [-0.15, -0.1) is 0 Å². The Labute approximate surface area is 148 Å². The van der Waals surface area contributed by atoms with E-state index in [-0.39, 0.29) is 5.91 Å². The van der Waals surface area contributed by atoms with Gasteiger partial charge in [0.1, 0.15) is 0 Å². The van der Waals surface area contributed by atoms with Crippen LogP contribution in [-0.2, 0) is 11.8 Å². The zero-order chi connectivity index (χ0) is 17.6. The number of likely N-dealkylation sites (tertiary alicyclic amines) is 1. The fourth-order valence-corrected chi connectivity index (χ4v) is 2.96. The topological polar surface area (TPSA) is 62.2 Å². The van der Waals surface area contributed by atoms with Crippen molar-refractivity contribution in [3.63, 3.8) is 0 Å². The average molecular weight is 339 g/mol. The van der Waals surface area contributed by atoms with E-state index in [1.165, 1.54) is 6.08 Å². The van der Waals surface area contributed by atoms with Crippen molar-refractivity contribution in [1.82, 2.24) is 14.7 Å². The number of carbonyl (C=O) groups is 1. The van der Waals surface area contributed by atoms with Gasteiger partial charge in [-0.25, -0.2) is 0 Å². The summed E-state index contributed by atoms with van der Waals surface area (Å²) in [5.74, 6) is -0.151. The monoisotopic (exact) mass is 339 g/mol. The van der Waals surface area contributed by atoms with Gasteiger partial charge in [0.05, 0.1) is 17.6 Å². The smallest absolute Gasteiger partial charge is 0.248 e. The molecule has 0 aliphatic carbocycles. The molecule has 6 nitrogen and oxygen atoms in total. The Hall–Kier alpha value is -2.60. The highest BCUT2D eigenvalue weighted by Crippen LogP contribution is 2.24. The highest BCUT2D eigenvalue weighted by atomic mass is 16.1. The van der Waals surface area contributed by atoms with Crippen LogP contribution in [0.5, 0.6) is 0 Å². The minimum atomic E-state index is -0.151. The summed E-state index contributed by atoms with van der Waals surface area (Å²) in [7, 11) is 4.00. The van der Waals surface area contributed by atoms with Gasteiger partial charge in [-0.1, -0.05) is 12.1 Å². The zero-order valence-corrected chi connectivity index (χ0v) is 14.8. The number of piperidine rings is 1. The van der Waals surface area contributed by atoms with Crippen molar-refractivity contribution in [2.45, 2.75) is 18.9 Å². The van der Waals surface area contributed by atoms with Crippen molar-refractivity contribution in [3.05, 3.63) is 48.3 Å². The number of nitrogens with zero attached hydrogens (tertiary/aromatic N) is 3. The lowest BCUT2D eigenvalue weighted by molar-refractivity contribution is -0.111. The third kappa shape index (κ3) is 4.93. The van der Waals surface area contributed by atoms with Crippen molar-refractivity contribution in [2.24, 2.45) is 7.05 Å². The summed E-state index contributed by atoms with van der Waals surface area (Å²) in [4.78, 5) is 14.6. The normalized spacial score (nSPS) is 16.2. The van der Waals surface area contributed by atoms with Crippen LogP contribution in [-0.4, -0.2) is 46.8 Å². The van der Waals surface area contributed by atoms with E-state index in [4.69, 9.17) is 0 Å². The van der Waals surface area contributed by atoms with Crippen LogP contribution in [0.4, 0.5) is 11.4 Å². The van der Waals surface area contributed by atoms with E-state index >= 15 is 0 Å². The molecule has 2 N–H and O–H groups in total. The zero-order valence-electron chi connectivity index (χ0n) is 14.8. The molecule has 3 rings (SSSR count). The van der Waals surface area contributed by atoms with Crippen LogP contribution in [0.15, 0.2) is 42.7 Å². The summed E-state index contributed by atoms with van der Waals surface area (Å²) in [6, 6.07) is 8.30. The lowest BCUT2D eigenvalue weighted by atomic mass is 10.0. The van der Waals surface area contributed by atoms with Gasteiger partial charge in [0.25, 0.3) is 0 Å². The molecule has 6 heteroatoms. The summed E-state index contributed by atoms with van der Waals surface area (Å²) in [6.07, 6.45) is 9.09. The number of nitrogens with one attached hydrogen (secondary N) is 2. The molecule has 0 unspecified atom stereocenters. The van der Waals surface area contributed by atoms with Gasteiger partial charge < -0.3 is 15.5 Å². The Bertz CT molecular complexity index is 744. The SMILES string of the molecule is CN1CCC(Nc2ccccc2NC(=O)/C=C\c2cnn(C)c2)CC1. The van der Waals surface area contributed by atoms with Crippen molar-refractivity contribution >= 4 is 23.4 Å². The minimum Gasteiger partial charge on any atom is -0.381 e. The first-order valence-corrected chi connectivity index (χ1v) is 8.62. The molecule has 0 bridgehead atoms. The number of aryl methyl sites for hydroxylation is 1. The summed E-state index contributed by atoms with van der Waals surface area (Å²) < 4.78 is 1.71. The highest BCUT2D eigenvalue weighted by Gasteiger charge is 2.17. The van der Waals surface area contributed by atoms with Gasteiger partial charge in [-0.2, -0.15) is 5.10 Å². The van der Waals surface area contributed by atoms with Gasteiger partial charge in [0.2, 0.25) is 5.91 Å². The van der Waals surface area contributed by atoms with Crippen molar-refractivity contribution in [3.8, 4) is 0 Å². The third-order valence-corrected chi connectivity index (χ3v) is 4.42. The molecule has 132 valence electrons. The molecule has 1 aliphatic rings. The molecule has 0 spiro atoms. The first-order chi connectivity index (χ1) is 12.1. The molecule has 0 atom stereocenters. The molecule has 0 saturated carbocycles. The Morgan fingerprint density at radius 3 is 2.60 bits per heavy atom. The molecule has 1 aromatic heterocycles. The van der Waals surface area contributed by atoms with E-state index < -0.39 is 0 Å². The minimum absolute atomic E-state index is 0.151. The van der Waals surface area contributed by atoms with Crippen molar-refractivity contribution < 1.29 is 4.79 Å². The molecule has 2 heterocycles. The number of rotatable bonds is 5. The van der Waals surface area contributed by atoms with E-state index in [0.717, 1.165) is 42.9 Å². The summed E-state index contributed by atoms with van der Waals surface area (Å²) in [5.41, 5.74) is 2.68. The van der Waals surface area contributed by atoms with E-state index in [9.17, 15) is 4.79 Å². The fraction of sp³-hybridized carbons (Fsp3) is 0.368. The Morgan fingerprint density at radius 2 is 1.92 bits per heavy atom. The maximum Gasteiger partial charge on any atom is 0.248 e. The number of anilines is 2. The van der Waals surface area contributed by atoms with Gasteiger partial charge in [0.15, 0.2) is 0 Å². The van der Waals surface area contributed by atoms with Crippen LogP contribution in [0, 0.1) is 0 Å². The predicted molar refractivity (Wildman–Crippen MR) is 101 cm³/mol. The molecule has 25 heavy (non-hydrogen) atoms. The molecular weight excluding hydrogens is 314 g/mol. The van der Waals surface area contributed by atoms with Crippen LogP contribution in [0.1, 0.15) is 18.4 Å². The quantitative estimate of drug-likeness (QED) is 0.822. The van der Waals surface area contributed by atoms with Crippen molar-refractivity contribution in [1.29, 1.82) is 0 Å². The second-order valence-electron chi connectivity index (χ2n) is 6.54. The molecule has 2 aromatic rings. The van der Waals surface area contributed by atoms with Gasteiger partial charge >= 0.3 is 0 Å². The second-order valence-corrected chi connectivity index (χ2v) is 6.54. The first-order valence-electron chi connectivity index (χ1n) is 8.62. The Kier molecular flexibility index (Phi) is 5.50. The number of aromatic nitrogens is 2. The lowest BCUT2D eigenvalue weighted by Crippen LogP contribution is -2.36. The molecule has 0 radical (unpaired) electrons.